The Morgan fingerprint density at radius 2 is 1.77 bits per heavy atom. The fourth-order valence-electron chi connectivity index (χ4n) is 4.05. The lowest BCUT2D eigenvalue weighted by atomic mass is 10.0. The van der Waals surface area contributed by atoms with Crippen molar-refractivity contribution in [2.24, 2.45) is 0 Å². The van der Waals surface area contributed by atoms with E-state index in [0.717, 1.165) is 4.47 Å². The summed E-state index contributed by atoms with van der Waals surface area (Å²) in [7, 11) is 0. The van der Waals surface area contributed by atoms with Gasteiger partial charge in [0.15, 0.2) is 0 Å². The van der Waals surface area contributed by atoms with E-state index in [1.54, 1.807) is 49.9 Å². The Morgan fingerprint density at radius 1 is 1.10 bits per heavy atom. The lowest BCUT2D eigenvalue weighted by Crippen LogP contribution is -2.50. The summed E-state index contributed by atoms with van der Waals surface area (Å²) in [6.07, 6.45) is -3.80. The number of carbonyl (C=O) groups is 3. The molecule has 1 fully saturated rings. The Kier molecular flexibility index (Phi) is 10.0. The predicted molar refractivity (Wildman–Crippen MR) is 144 cm³/mol. The van der Waals surface area contributed by atoms with E-state index >= 15 is 0 Å². The van der Waals surface area contributed by atoms with Gasteiger partial charge in [-0.15, -0.1) is 0 Å². The lowest BCUT2D eigenvalue weighted by Gasteiger charge is -2.34. The molecule has 1 aliphatic rings. The number of carbonyl (C=O) groups excluding carboxylic acids is 3. The van der Waals surface area contributed by atoms with Crippen molar-refractivity contribution in [2.75, 3.05) is 13.1 Å². The molecule has 2 heterocycles. The third-order valence-electron chi connectivity index (χ3n) is 5.91. The number of pyridine rings is 1. The minimum atomic E-state index is -5.04. The number of nitrogens with zero attached hydrogens (tertiary/aromatic N) is 2. The molecule has 0 radical (unpaired) electrons. The van der Waals surface area contributed by atoms with Crippen LogP contribution in [0.3, 0.4) is 0 Å². The molecule has 1 aliphatic heterocycles. The van der Waals surface area contributed by atoms with Crippen molar-refractivity contribution >= 4 is 33.8 Å². The molecule has 0 saturated carbocycles. The number of benzene rings is 1. The van der Waals surface area contributed by atoms with Gasteiger partial charge in [0, 0.05) is 23.6 Å². The Hall–Kier alpha value is -3.35. The first-order valence-electron chi connectivity index (χ1n) is 12.7. The summed E-state index contributed by atoms with van der Waals surface area (Å²) in [6.45, 7) is 7.59. The van der Waals surface area contributed by atoms with E-state index in [1.807, 2.05) is 5.32 Å². The summed E-state index contributed by atoms with van der Waals surface area (Å²) >= 11 is 3.31. The maximum Gasteiger partial charge on any atom is 0.471 e. The van der Waals surface area contributed by atoms with Crippen molar-refractivity contribution in [2.45, 2.75) is 70.5 Å². The van der Waals surface area contributed by atoms with Crippen molar-refractivity contribution in [3.8, 4) is 5.75 Å². The number of ether oxygens (including phenoxy) is 2. The van der Waals surface area contributed by atoms with Gasteiger partial charge >= 0.3 is 18.2 Å². The van der Waals surface area contributed by atoms with Crippen molar-refractivity contribution in [1.29, 1.82) is 0 Å². The SMILES string of the molecule is C[C@H](NC(=O)C(F)(F)F)[C@H](Oc1ccc(C(=O)N[C@H]2CCCN(C(=O)OC(C)(C)C)C2)nc1)c1ccc(Br)cc1. The van der Waals surface area contributed by atoms with Gasteiger partial charge in [-0.05, 0) is 70.4 Å². The molecular formula is C27H32BrF3N4O5. The Labute approximate surface area is 238 Å². The average molecular weight is 629 g/mol. The fourth-order valence-corrected chi connectivity index (χ4v) is 4.32. The summed E-state index contributed by atoms with van der Waals surface area (Å²) in [4.78, 5) is 42.5. The first kappa shape index (κ1) is 31.2. The van der Waals surface area contributed by atoms with Gasteiger partial charge in [0.05, 0.1) is 12.2 Å². The second-order valence-electron chi connectivity index (χ2n) is 10.5. The van der Waals surface area contributed by atoms with Crippen LogP contribution in [-0.2, 0) is 9.53 Å². The molecule has 218 valence electrons. The van der Waals surface area contributed by atoms with Crippen LogP contribution in [0.4, 0.5) is 18.0 Å². The van der Waals surface area contributed by atoms with Crippen LogP contribution in [0.1, 0.15) is 62.7 Å². The highest BCUT2D eigenvalue weighted by Gasteiger charge is 2.40. The van der Waals surface area contributed by atoms with Gasteiger partial charge < -0.3 is 25.0 Å². The van der Waals surface area contributed by atoms with E-state index in [2.05, 4.69) is 26.2 Å². The second-order valence-corrected chi connectivity index (χ2v) is 11.4. The highest BCUT2D eigenvalue weighted by molar-refractivity contribution is 9.10. The molecule has 40 heavy (non-hydrogen) atoms. The van der Waals surface area contributed by atoms with Gasteiger partial charge in [-0.2, -0.15) is 13.2 Å². The molecule has 0 spiro atoms. The third kappa shape index (κ3) is 9.10. The Bertz CT molecular complexity index is 1190. The molecule has 2 N–H and O–H groups in total. The van der Waals surface area contributed by atoms with Gasteiger partial charge in [0.25, 0.3) is 5.91 Å². The molecule has 13 heteroatoms. The van der Waals surface area contributed by atoms with Crippen LogP contribution in [0.2, 0.25) is 0 Å². The number of halogens is 4. The fraction of sp³-hybridized carbons (Fsp3) is 0.481. The van der Waals surface area contributed by atoms with Crippen LogP contribution in [0.25, 0.3) is 0 Å². The molecule has 2 aromatic rings. The summed E-state index contributed by atoms with van der Waals surface area (Å²) in [5.41, 5.74) is -0.00813. The zero-order valence-corrected chi connectivity index (χ0v) is 24.1. The van der Waals surface area contributed by atoms with Crippen LogP contribution in [0.5, 0.6) is 5.75 Å². The summed E-state index contributed by atoms with van der Waals surface area (Å²) in [5, 5.41) is 4.81. The molecule has 1 aromatic carbocycles. The maximum absolute atomic E-state index is 12.8. The number of rotatable bonds is 7. The quantitative estimate of drug-likeness (QED) is 0.438. The van der Waals surface area contributed by atoms with Crippen molar-refractivity contribution in [3.63, 3.8) is 0 Å². The number of alkyl halides is 3. The number of piperidine rings is 1. The zero-order valence-electron chi connectivity index (χ0n) is 22.5. The molecule has 1 saturated heterocycles. The van der Waals surface area contributed by atoms with Gasteiger partial charge in [-0.1, -0.05) is 28.1 Å². The molecule has 9 nitrogen and oxygen atoms in total. The molecular weight excluding hydrogens is 597 g/mol. The Balaban J connectivity index is 1.67. The summed E-state index contributed by atoms with van der Waals surface area (Å²) in [6, 6.07) is 8.27. The molecule has 3 amide bonds. The first-order valence-corrected chi connectivity index (χ1v) is 13.5. The molecule has 0 bridgehead atoms. The normalized spacial score (nSPS) is 17.4. The number of likely N-dealkylation sites (tertiary alicyclic amines) is 1. The van der Waals surface area contributed by atoms with E-state index in [4.69, 9.17) is 9.47 Å². The first-order chi connectivity index (χ1) is 18.6. The monoisotopic (exact) mass is 628 g/mol. The Morgan fingerprint density at radius 3 is 2.35 bits per heavy atom. The summed E-state index contributed by atoms with van der Waals surface area (Å²) < 4.78 is 50.6. The minimum absolute atomic E-state index is 0.0976. The van der Waals surface area contributed by atoms with Crippen LogP contribution < -0.4 is 15.4 Å². The van der Waals surface area contributed by atoms with Gasteiger partial charge in [0.1, 0.15) is 23.1 Å². The zero-order chi connectivity index (χ0) is 29.7. The van der Waals surface area contributed by atoms with Crippen LogP contribution in [0.15, 0.2) is 47.1 Å². The van der Waals surface area contributed by atoms with Crippen molar-refractivity contribution < 1.29 is 37.0 Å². The van der Waals surface area contributed by atoms with Crippen molar-refractivity contribution in [3.05, 3.63) is 58.3 Å². The van der Waals surface area contributed by atoms with Gasteiger partial charge in [-0.25, -0.2) is 9.78 Å². The highest BCUT2D eigenvalue weighted by Crippen LogP contribution is 2.27. The largest absolute Gasteiger partial charge is 0.482 e. The highest BCUT2D eigenvalue weighted by atomic mass is 79.9. The van der Waals surface area contributed by atoms with Crippen LogP contribution in [-0.4, -0.2) is 64.7 Å². The maximum atomic E-state index is 12.8. The van der Waals surface area contributed by atoms with Crippen molar-refractivity contribution in [1.82, 2.24) is 20.5 Å². The standard InChI is InChI=1S/C27H32BrF3N4O5/c1-16(33-24(37)27(29,30)31)22(17-7-9-18(28)10-8-17)39-20-11-12-21(32-14-20)23(36)34-19-6-5-13-35(15-19)25(38)40-26(2,3)4/h7-12,14,16,19,22H,5-6,13,15H2,1-4H3,(H,33,37)(H,34,36)/t16-,19-,22-/m0/s1. The second kappa shape index (κ2) is 12.9. The van der Waals surface area contributed by atoms with E-state index in [1.165, 1.54) is 25.3 Å². The molecule has 0 aliphatic carbocycles. The van der Waals surface area contributed by atoms with E-state index < -0.39 is 41.8 Å². The minimum Gasteiger partial charge on any atom is -0.482 e. The number of hydrogen-bond acceptors (Lipinski definition) is 6. The number of aromatic nitrogens is 1. The van der Waals surface area contributed by atoms with Gasteiger partial charge in [-0.3, -0.25) is 9.59 Å². The molecule has 3 rings (SSSR count). The van der Waals surface area contributed by atoms with E-state index in [0.29, 0.717) is 31.5 Å². The number of hydrogen-bond donors (Lipinski definition) is 2. The van der Waals surface area contributed by atoms with E-state index in [9.17, 15) is 27.6 Å². The average Bonchev–Trinajstić information content (AvgIpc) is 2.86. The molecule has 1 aromatic heterocycles. The number of nitrogens with one attached hydrogen (secondary N) is 2. The topological polar surface area (TPSA) is 110 Å². The number of amides is 3. The third-order valence-corrected chi connectivity index (χ3v) is 6.44. The lowest BCUT2D eigenvalue weighted by molar-refractivity contribution is -0.174. The van der Waals surface area contributed by atoms with Crippen LogP contribution in [0, 0.1) is 0 Å². The summed E-state index contributed by atoms with van der Waals surface area (Å²) in [5.74, 6) is -2.34. The predicted octanol–water partition coefficient (Wildman–Crippen LogP) is 5.16. The van der Waals surface area contributed by atoms with Crippen LogP contribution >= 0.6 is 15.9 Å². The van der Waals surface area contributed by atoms with Gasteiger partial charge in [0.2, 0.25) is 0 Å². The molecule has 0 unspecified atom stereocenters. The smallest absolute Gasteiger partial charge is 0.471 e. The molecule has 3 atom stereocenters. The van der Waals surface area contributed by atoms with E-state index in [-0.39, 0.29) is 17.5 Å².